The quantitative estimate of drug-likeness (QED) is 0.00864. The Labute approximate surface area is 433 Å². The summed E-state index contributed by atoms with van der Waals surface area (Å²) in [5.41, 5.74) is 0. The molecule has 13 N–H and O–H groups in total. The van der Waals surface area contributed by atoms with Gasteiger partial charge in [-0.25, -0.2) is 19.5 Å². The second-order valence-corrected chi connectivity index (χ2v) is 18.1. The van der Waals surface area contributed by atoms with Crippen LogP contribution in [0.3, 0.4) is 0 Å². The van der Waals surface area contributed by atoms with E-state index in [4.69, 9.17) is 48.0 Å². The molecule has 4 aliphatic heterocycles. The number of unbranched alkanes of at least 4 members (excludes halogenated alkanes) is 9. The summed E-state index contributed by atoms with van der Waals surface area (Å²) < 4.78 is 35.0. The average molecular weight is 1040 g/mol. The van der Waals surface area contributed by atoms with E-state index in [1.807, 2.05) is 0 Å². The van der Waals surface area contributed by atoms with Crippen molar-refractivity contribution in [1.82, 2.24) is 5.32 Å². The number of carboxylic acids is 1. The van der Waals surface area contributed by atoms with Gasteiger partial charge in [0, 0.05) is 20.0 Å². The van der Waals surface area contributed by atoms with Gasteiger partial charge >= 0.3 is 41.3 Å². The van der Waals surface area contributed by atoms with Crippen LogP contribution in [0.15, 0.2) is 4.99 Å². The summed E-state index contributed by atoms with van der Waals surface area (Å²) in [6.45, 7) is 2.86. The molecule has 0 bridgehead atoms. The number of aliphatic carboxylic acids is 1. The molecule has 4 aliphatic rings. The Morgan fingerprint density at radius 1 is 0.746 bits per heavy atom. The summed E-state index contributed by atoms with van der Waals surface area (Å²) in [6.07, 6.45) is -23.4. The average Bonchev–Trinajstić information content (AvgIpc) is 3.32. The summed E-state index contributed by atoms with van der Waals surface area (Å²) in [5, 5.41) is 141. The van der Waals surface area contributed by atoms with Gasteiger partial charge in [0.15, 0.2) is 18.7 Å². The van der Waals surface area contributed by atoms with Crippen molar-refractivity contribution >= 4 is 17.8 Å². The SMILES string of the molecule is CCCCCCCCCCCCO[C@@H]1O[C@H](CO)[C@@H](OO[C@@H]2O[C@H](CO)[C@H](O)[C@H](OO[C@]3(C(=O)O)C[C@H](O)[C@@H](N=C(C)[O-])[C@H]([C@@H](O)[C@H](O)CO)O3)[C@H]2O)[C@H](O[C@@H]2O[C@@H](C)[C@@H](O)[C@@H](O)[C@@H]2O)[C@H]1NC(C)=O.[Na+]. The first-order chi connectivity index (χ1) is 33.2. The fourth-order valence-corrected chi connectivity index (χ4v) is 8.57. The molecule has 27 nitrogen and oxygen atoms in total. The van der Waals surface area contributed by atoms with Crippen molar-refractivity contribution in [3.63, 3.8) is 0 Å². The van der Waals surface area contributed by atoms with Gasteiger partial charge in [0.2, 0.25) is 12.2 Å². The molecule has 4 saturated heterocycles. The molecule has 0 aromatic carbocycles. The molecule has 21 atom stereocenters. The predicted octanol–water partition coefficient (Wildman–Crippen LogP) is -7.77. The number of rotatable bonds is 28. The summed E-state index contributed by atoms with van der Waals surface area (Å²) in [7, 11) is 0. The van der Waals surface area contributed by atoms with Crippen molar-refractivity contribution in [2.45, 2.75) is 227 Å². The summed E-state index contributed by atoms with van der Waals surface area (Å²) in [6, 6.07) is -3.07. The zero-order valence-corrected chi connectivity index (χ0v) is 42.8. The second-order valence-electron chi connectivity index (χ2n) is 18.1. The van der Waals surface area contributed by atoms with Crippen molar-refractivity contribution in [3.05, 3.63) is 0 Å². The molecule has 0 unspecified atom stereocenters. The molecule has 1 amide bonds. The molecule has 28 heteroatoms. The largest absolute Gasteiger partial charge is 1.00 e. The van der Waals surface area contributed by atoms with E-state index in [1.165, 1.54) is 32.6 Å². The molecule has 4 fully saturated rings. The minimum absolute atomic E-state index is 0. The van der Waals surface area contributed by atoms with Gasteiger partial charge in [-0.3, -0.25) is 9.79 Å². The molecular formula is C43H75N2NaO25. The maximum Gasteiger partial charge on any atom is 1.00 e. The van der Waals surface area contributed by atoms with Crippen LogP contribution in [0.2, 0.25) is 0 Å². The van der Waals surface area contributed by atoms with Gasteiger partial charge in [-0.15, -0.1) is 0 Å². The molecule has 0 aromatic heterocycles. The van der Waals surface area contributed by atoms with Crippen LogP contribution in [-0.4, -0.2) is 234 Å². The molecule has 71 heavy (non-hydrogen) atoms. The minimum atomic E-state index is -3.14. The van der Waals surface area contributed by atoms with E-state index in [0.717, 1.165) is 46.0 Å². The van der Waals surface area contributed by atoms with Gasteiger partial charge in [-0.1, -0.05) is 64.7 Å². The van der Waals surface area contributed by atoms with Crippen molar-refractivity contribution in [2.24, 2.45) is 4.99 Å². The first kappa shape index (κ1) is 63.9. The van der Waals surface area contributed by atoms with Crippen molar-refractivity contribution in [1.29, 1.82) is 0 Å². The molecule has 4 heterocycles. The molecule has 0 saturated carbocycles. The number of carbonyl (C=O) groups excluding carboxylic acids is 1. The van der Waals surface area contributed by atoms with E-state index in [9.17, 15) is 76.0 Å². The molecular weight excluding hydrogens is 967 g/mol. The van der Waals surface area contributed by atoms with Crippen LogP contribution in [0.4, 0.5) is 0 Å². The summed E-state index contributed by atoms with van der Waals surface area (Å²) >= 11 is 0. The number of ether oxygens (including phenoxy) is 6. The number of carboxylic acid groups (broad SMARTS) is 1. The van der Waals surface area contributed by atoms with E-state index in [0.29, 0.717) is 6.42 Å². The van der Waals surface area contributed by atoms with Crippen molar-refractivity contribution in [3.8, 4) is 0 Å². The van der Waals surface area contributed by atoms with Crippen LogP contribution in [0.1, 0.15) is 98.3 Å². The number of nitrogens with zero attached hydrogens (tertiary/aromatic N) is 1. The van der Waals surface area contributed by atoms with Crippen LogP contribution < -0.4 is 40.0 Å². The predicted molar refractivity (Wildman–Crippen MR) is 230 cm³/mol. The summed E-state index contributed by atoms with van der Waals surface area (Å²) in [5.74, 6) is -6.71. The number of aliphatic hydroxyl groups is 11. The maximum absolute atomic E-state index is 12.7. The third-order valence-corrected chi connectivity index (χ3v) is 12.6. The monoisotopic (exact) mass is 1040 g/mol. The van der Waals surface area contributed by atoms with Crippen molar-refractivity contribution in [2.75, 3.05) is 26.4 Å². The Morgan fingerprint density at radius 3 is 1.92 bits per heavy atom. The first-order valence-corrected chi connectivity index (χ1v) is 23.8. The van der Waals surface area contributed by atoms with E-state index >= 15 is 0 Å². The normalized spacial score (nSPS) is 38.8. The van der Waals surface area contributed by atoms with Crippen LogP contribution in [-0.2, 0) is 57.6 Å². The molecule has 0 spiro atoms. The Morgan fingerprint density at radius 2 is 1.35 bits per heavy atom. The van der Waals surface area contributed by atoms with E-state index < -0.39 is 172 Å². The maximum atomic E-state index is 12.7. The van der Waals surface area contributed by atoms with E-state index in [-0.39, 0.29) is 36.2 Å². The van der Waals surface area contributed by atoms with Crippen LogP contribution in [0.5, 0.6) is 0 Å². The standard InChI is InChI=1S/C43H76N2O25.Na/c1-5-6-7-8-9-10-11-12-13-14-15-61-39-28(45-22(4)50)37(65-40-33(57)32(56)29(53)20(2)62-40)35(26(19-48)64-39)67-69-41-34(58)38(31(55)25(18-47)63-41)68-70-43(42(59)60)16-23(51)27(44-21(3)49)36(66-43)30(54)24(52)17-46;/h20,23-41,46-48,51-58H,5-19H2,1-4H3,(H,44,49)(H,45,50)(H,59,60);/q;+1/p-1/t20-,23-,24+,25+,26+,27+,28+,29+,30-,31-,32+,33-,34+,35+,36+,37+,38-,39+,40-,41-,43-;/m0./s1. The number of hydrogen-bond donors (Lipinski definition) is 13. The Bertz CT molecular complexity index is 1590. The number of aliphatic imine (C=N–C) groups is 1. The molecule has 0 aromatic rings. The van der Waals surface area contributed by atoms with Gasteiger partial charge in [0.1, 0.15) is 85.3 Å². The minimum Gasteiger partial charge on any atom is -0.862 e. The Balaban J connectivity index is 0.0000133. The van der Waals surface area contributed by atoms with Gasteiger partial charge < -0.3 is 100 Å². The van der Waals surface area contributed by atoms with E-state index in [1.54, 1.807) is 0 Å². The smallest absolute Gasteiger partial charge is 0.862 e. The number of aliphatic hydroxyl groups excluding tert-OH is 11. The number of carbonyl (C=O) groups is 2. The zero-order valence-electron chi connectivity index (χ0n) is 40.8. The second kappa shape index (κ2) is 31.0. The third-order valence-electron chi connectivity index (χ3n) is 12.6. The number of amides is 1. The molecule has 408 valence electrons. The van der Waals surface area contributed by atoms with Gasteiger partial charge in [0.25, 0.3) is 0 Å². The fourth-order valence-electron chi connectivity index (χ4n) is 8.57. The topological polar surface area (TPSA) is 417 Å². The van der Waals surface area contributed by atoms with Crippen LogP contribution in [0, 0.1) is 0 Å². The molecule has 0 radical (unpaired) electrons. The first-order valence-electron chi connectivity index (χ1n) is 23.8. The van der Waals surface area contributed by atoms with E-state index in [2.05, 4.69) is 17.2 Å². The number of nitrogens with one attached hydrogen (secondary N) is 1. The van der Waals surface area contributed by atoms with Gasteiger partial charge in [-0.2, -0.15) is 4.89 Å². The van der Waals surface area contributed by atoms with Gasteiger partial charge in [0.05, 0.1) is 32.0 Å². The zero-order chi connectivity index (χ0) is 51.9. The van der Waals surface area contributed by atoms with Gasteiger partial charge in [-0.05, 0) is 26.2 Å². The van der Waals surface area contributed by atoms with Crippen LogP contribution in [0.25, 0.3) is 0 Å². The fraction of sp³-hybridized carbons (Fsp3) is 0.930. The summed E-state index contributed by atoms with van der Waals surface area (Å²) in [4.78, 5) is 50.7. The van der Waals surface area contributed by atoms with Crippen molar-refractivity contribution < 1.29 is 154 Å². The third kappa shape index (κ3) is 17.3. The van der Waals surface area contributed by atoms with Crippen LogP contribution >= 0.6 is 0 Å². The Kier molecular flexibility index (Phi) is 27.8. The molecule has 0 aliphatic carbocycles. The molecule has 4 rings (SSSR count). The number of hydrogen-bond acceptors (Lipinski definition) is 25. The Hall–Kier alpha value is -1.43.